The first-order chi connectivity index (χ1) is 11.0. The van der Waals surface area contributed by atoms with Gasteiger partial charge in [0.2, 0.25) is 0 Å². The van der Waals surface area contributed by atoms with Gasteiger partial charge in [-0.3, -0.25) is 0 Å². The molecule has 0 bridgehead atoms. The fourth-order valence-corrected chi connectivity index (χ4v) is 2.61. The molecule has 0 amide bonds. The highest BCUT2D eigenvalue weighted by atomic mass is 16.3. The fraction of sp³-hybridized carbons (Fsp3) is 0.158. The van der Waals surface area contributed by atoms with Crippen LogP contribution >= 0.6 is 0 Å². The van der Waals surface area contributed by atoms with Gasteiger partial charge in [-0.1, -0.05) is 17.7 Å². The Kier molecular flexibility index (Phi) is 3.63. The summed E-state index contributed by atoms with van der Waals surface area (Å²) in [5.41, 5.74) is 11.0. The standard InChI is InChI=1S/C19H17N3O/c1-11-4-5-12(2)14(8-11)17-9-15(16(10-20)19(21)22-17)18-7-6-13(3)23-18/h4-9H,1-3H3,(H2,21,22). The third-order valence-corrected chi connectivity index (χ3v) is 3.83. The Labute approximate surface area is 135 Å². The molecule has 0 aliphatic rings. The third kappa shape index (κ3) is 2.69. The number of hydrogen-bond donors (Lipinski definition) is 1. The fourth-order valence-electron chi connectivity index (χ4n) is 2.61. The minimum atomic E-state index is 0.218. The van der Waals surface area contributed by atoms with Crippen LogP contribution in [0.1, 0.15) is 22.5 Å². The van der Waals surface area contributed by atoms with Crippen LogP contribution < -0.4 is 5.73 Å². The lowest BCUT2D eigenvalue weighted by molar-refractivity contribution is 0.548. The second-order valence-corrected chi connectivity index (χ2v) is 5.66. The van der Waals surface area contributed by atoms with E-state index >= 15 is 0 Å². The van der Waals surface area contributed by atoms with Crippen LogP contribution in [0.4, 0.5) is 5.82 Å². The van der Waals surface area contributed by atoms with E-state index in [1.54, 1.807) is 0 Å². The smallest absolute Gasteiger partial charge is 0.142 e. The van der Waals surface area contributed by atoms with Crippen LogP contribution in [-0.4, -0.2) is 4.98 Å². The van der Waals surface area contributed by atoms with Crippen molar-refractivity contribution in [1.29, 1.82) is 5.26 Å². The molecule has 4 heteroatoms. The summed E-state index contributed by atoms with van der Waals surface area (Å²) in [5, 5.41) is 9.42. The molecule has 0 aliphatic carbocycles. The van der Waals surface area contributed by atoms with Crippen LogP contribution in [0.5, 0.6) is 0 Å². The van der Waals surface area contributed by atoms with Crippen LogP contribution in [0.3, 0.4) is 0 Å². The molecule has 3 rings (SSSR count). The molecule has 1 aromatic carbocycles. The molecule has 0 aliphatic heterocycles. The number of furan rings is 1. The van der Waals surface area contributed by atoms with E-state index in [4.69, 9.17) is 10.2 Å². The molecule has 0 radical (unpaired) electrons. The van der Waals surface area contributed by atoms with Crippen molar-refractivity contribution >= 4 is 5.82 Å². The summed E-state index contributed by atoms with van der Waals surface area (Å²) in [6.07, 6.45) is 0. The lowest BCUT2D eigenvalue weighted by Crippen LogP contribution is -2.00. The van der Waals surface area contributed by atoms with Crippen LogP contribution in [-0.2, 0) is 0 Å². The Morgan fingerprint density at radius 3 is 2.48 bits per heavy atom. The quantitative estimate of drug-likeness (QED) is 0.761. The van der Waals surface area contributed by atoms with Gasteiger partial charge in [-0.15, -0.1) is 0 Å². The van der Waals surface area contributed by atoms with E-state index in [0.29, 0.717) is 16.9 Å². The Hall–Kier alpha value is -3.06. The summed E-state index contributed by atoms with van der Waals surface area (Å²) >= 11 is 0. The average Bonchev–Trinajstić information content (AvgIpc) is 2.95. The second kappa shape index (κ2) is 5.62. The summed E-state index contributed by atoms with van der Waals surface area (Å²) < 4.78 is 5.68. The van der Waals surface area contributed by atoms with Crippen molar-refractivity contribution in [3.8, 4) is 28.7 Å². The lowest BCUT2D eigenvalue weighted by Gasteiger charge is -2.11. The predicted octanol–water partition coefficient (Wildman–Crippen LogP) is 4.39. The predicted molar refractivity (Wildman–Crippen MR) is 90.7 cm³/mol. The van der Waals surface area contributed by atoms with Crippen molar-refractivity contribution in [2.24, 2.45) is 0 Å². The number of rotatable bonds is 2. The molecule has 4 nitrogen and oxygen atoms in total. The molecule has 0 fully saturated rings. The van der Waals surface area contributed by atoms with E-state index in [9.17, 15) is 5.26 Å². The second-order valence-electron chi connectivity index (χ2n) is 5.66. The molecule has 2 heterocycles. The first-order valence-corrected chi connectivity index (χ1v) is 7.34. The highest BCUT2D eigenvalue weighted by Crippen LogP contribution is 2.33. The first-order valence-electron chi connectivity index (χ1n) is 7.34. The third-order valence-electron chi connectivity index (χ3n) is 3.83. The Bertz CT molecular complexity index is 932. The molecule has 0 spiro atoms. The summed E-state index contributed by atoms with van der Waals surface area (Å²) in [6, 6.07) is 13.9. The lowest BCUT2D eigenvalue weighted by atomic mass is 9.99. The molecular weight excluding hydrogens is 286 g/mol. The highest BCUT2D eigenvalue weighted by molar-refractivity contribution is 5.79. The van der Waals surface area contributed by atoms with E-state index in [-0.39, 0.29) is 5.82 Å². The van der Waals surface area contributed by atoms with Gasteiger partial charge in [-0.25, -0.2) is 4.98 Å². The van der Waals surface area contributed by atoms with E-state index in [1.807, 2.05) is 39.0 Å². The van der Waals surface area contributed by atoms with Crippen molar-refractivity contribution < 1.29 is 4.42 Å². The topological polar surface area (TPSA) is 75.8 Å². The molecule has 0 saturated carbocycles. The number of nitrogen functional groups attached to an aromatic ring is 1. The van der Waals surface area contributed by atoms with Gasteiger partial charge >= 0.3 is 0 Å². The number of anilines is 1. The van der Waals surface area contributed by atoms with Gasteiger partial charge in [0.1, 0.15) is 29.0 Å². The van der Waals surface area contributed by atoms with Crippen molar-refractivity contribution in [3.05, 3.63) is 58.8 Å². The molecule has 0 unspecified atom stereocenters. The zero-order chi connectivity index (χ0) is 16.6. The van der Waals surface area contributed by atoms with E-state index in [1.165, 1.54) is 0 Å². The minimum absolute atomic E-state index is 0.218. The number of aryl methyl sites for hydroxylation is 3. The molecule has 0 atom stereocenters. The Morgan fingerprint density at radius 2 is 1.83 bits per heavy atom. The van der Waals surface area contributed by atoms with E-state index in [2.05, 4.69) is 29.3 Å². The zero-order valence-corrected chi connectivity index (χ0v) is 13.3. The number of nitrogens with two attached hydrogens (primary N) is 1. The maximum Gasteiger partial charge on any atom is 0.142 e. The molecule has 2 aromatic heterocycles. The largest absolute Gasteiger partial charge is 0.461 e. The van der Waals surface area contributed by atoms with Gasteiger partial charge in [0.25, 0.3) is 0 Å². The molecule has 23 heavy (non-hydrogen) atoms. The maximum absolute atomic E-state index is 9.42. The van der Waals surface area contributed by atoms with Gasteiger partial charge in [0.05, 0.1) is 5.69 Å². The van der Waals surface area contributed by atoms with Gasteiger partial charge in [-0.2, -0.15) is 5.26 Å². The van der Waals surface area contributed by atoms with Gasteiger partial charge in [0, 0.05) is 11.1 Å². The summed E-state index contributed by atoms with van der Waals surface area (Å²) in [5.74, 6) is 1.63. The van der Waals surface area contributed by atoms with E-state index < -0.39 is 0 Å². The van der Waals surface area contributed by atoms with Crippen LogP contribution in [0.25, 0.3) is 22.6 Å². The van der Waals surface area contributed by atoms with E-state index in [0.717, 1.165) is 28.1 Å². The van der Waals surface area contributed by atoms with Crippen molar-refractivity contribution in [3.63, 3.8) is 0 Å². The SMILES string of the molecule is Cc1ccc(C)c(-c2cc(-c3ccc(C)o3)c(C#N)c(N)n2)c1. The molecule has 2 N–H and O–H groups in total. The van der Waals surface area contributed by atoms with Crippen molar-refractivity contribution in [2.75, 3.05) is 5.73 Å². The number of nitriles is 1. The van der Waals surface area contributed by atoms with Gasteiger partial charge in [-0.05, 0) is 50.6 Å². The molecule has 3 aromatic rings. The number of pyridine rings is 1. The number of hydrogen-bond acceptors (Lipinski definition) is 4. The molecule has 0 saturated heterocycles. The first kappa shape index (κ1) is 14.9. The van der Waals surface area contributed by atoms with Crippen LogP contribution in [0.15, 0.2) is 40.8 Å². The minimum Gasteiger partial charge on any atom is -0.461 e. The van der Waals surface area contributed by atoms with Gasteiger partial charge in [0.15, 0.2) is 0 Å². The Balaban J connectivity index is 2.27. The molecule has 114 valence electrons. The van der Waals surface area contributed by atoms with Crippen LogP contribution in [0, 0.1) is 32.1 Å². The zero-order valence-electron chi connectivity index (χ0n) is 13.3. The number of nitrogens with zero attached hydrogens (tertiary/aromatic N) is 2. The number of benzene rings is 1. The summed E-state index contributed by atoms with van der Waals surface area (Å²) in [4.78, 5) is 4.42. The normalized spacial score (nSPS) is 10.5. The Morgan fingerprint density at radius 1 is 1.04 bits per heavy atom. The number of aromatic nitrogens is 1. The van der Waals surface area contributed by atoms with Crippen molar-refractivity contribution in [2.45, 2.75) is 20.8 Å². The molecular formula is C19H17N3O. The summed E-state index contributed by atoms with van der Waals surface area (Å²) in [6.45, 7) is 5.93. The van der Waals surface area contributed by atoms with Crippen LogP contribution in [0.2, 0.25) is 0 Å². The average molecular weight is 303 g/mol. The highest BCUT2D eigenvalue weighted by Gasteiger charge is 2.16. The van der Waals surface area contributed by atoms with Gasteiger partial charge < -0.3 is 10.2 Å². The monoisotopic (exact) mass is 303 g/mol. The van der Waals surface area contributed by atoms with Crippen molar-refractivity contribution in [1.82, 2.24) is 4.98 Å². The maximum atomic E-state index is 9.42. The summed E-state index contributed by atoms with van der Waals surface area (Å²) in [7, 11) is 0.